The number of carbonyl (C=O) groups is 3. The predicted octanol–water partition coefficient (Wildman–Crippen LogP) is 0.424. The zero-order valence-corrected chi connectivity index (χ0v) is 12.0. The van der Waals surface area contributed by atoms with E-state index in [0.29, 0.717) is 10.8 Å². The molecule has 3 N–H and O–H groups in total. The highest BCUT2D eigenvalue weighted by atomic mass is 35.5. The molecule has 1 unspecified atom stereocenters. The minimum Gasteiger partial charge on any atom is -0.481 e. The fraction of sp³-hybridized carbons (Fsp3) is 0.308. The first-order chi connectivity index (χ1) is 9.88. The molecule has 0 aliphatic heterocycles. The van der Waals surface area contributed by atoms with Crippen LogP contribution in [0, 0.1) is 0 Å². The first kappa shape index (κ1) is 16.8. The monoisotopic (exact) mass is 314 g/mol. The van der Waals surface area contributed by atoms with E-state index in [9.17, 15) is 14.4 Å². The van der Waals surface area contributed by atoms with Crippen molar-refractivity contribution >= 4 is 29.4 Å². The molecular weight excluding hydrogens is 300 g/mol. The van der Waals surface area contributed by atoms with Crippen LogP contribution in [0.15, 0.2) is 24.3 Å². The second-order valence-electron chi connectivity index (χ2n) is 4.10. The Morgan fingerprint density at radius 1 is 1.19 bits per heavy atom. The average Bonchev–Trinajstić information content (AvgIpc) is 2.44. The summed E-state index contributed by atoms with van der Waals surface area (Å²) in [5.41, 5.74) is 0. The number of amides is 2. The van der Waals surface area contributed by atoms with Gasteiger partial charge in [-0.05, 0) is 31.2 Å². The molecule has 0 saturated heterocycles. The minimum atomic E-state index is -1.16. The lowest BCUT2D eigenvalue weighted by molar-refractivity contribution is -0.137. The summed E-state index contributed by atoms with van der Waals surface area (Å²) in [5, 5.41) is 13.4. The number of ether oxygens (including phenoxy) is 1. The van der Waals surface area contributed by atoms with Crippen molar-refractivity contribution < 1.29 is 24.2 Å². The highest BCUT2D eigenvalue weighted by Crippen LogP contribution is 2.16. The van der Waals surface area contributed by atoms with E-state index in [4.69, 9.17) is 21.4 Å². The maximum atomic E-state index is 11.7. The first-order valence-electron chi connectivity index (χ1n) is 6.07. The minimum absolute atomic E-state index is 0.319. The van der Waals surface area contributed by atoms with Crippen LogP contribution in [0.3, 0.4) is 0 Å². The molecule has 0 aromatic heterocycles. The van der Waals surface area contributed by atoms with Crippen molar-refractivity contribution in [2.45, 2.75) is 13.0 Å². The van der Waals surface area contributed by atoms with Gasteiger partial charge in [-0.2, -0.15) is 0 Å². The van der Waals surface area contributed by atoms with Crippen LogP contribution in [0.4, 0.5) is 0 Å². The number of nitrogens with one attached hydrogen (secondary N) is 2. The number of rotatable bonds is 7. The number of carbonyl (C=O) groups excluding carboxylic acids is 2. The van der Waals surface area contributed by atoms with Crippen molar-refractivity contribution in [3.05, 3.63) is 29.3 Å². The number of hydrogen-bond acceptors (Lipinski definition) is 4. The molecular formula is C13H15ClN2O5. The lowest BCUT2D eigenvalue weighted by Crippen LogP contribution is -2.43. The lowest BCUT2D eigenvalue weighted by Gasteiger charge is -2.14. The molecule has 7 nitrogen and oxygen atoms in total. The molecule has 1 aromatic rings. The summed E-state index contributed by atoms with van der Waals surface area (Å²) in [4.78, 5) is 33.2. The Labute approximate surface area is 126 Å². The van der Waals surface area contributed by atoms with E-state index in [1.807, 2.05) is 0 Å². The van der Waals surface area contributed by atoms with Crippen LogP contribution in [-0.2, 0) is 14.4 Å². The highest BCUT2D eigenvalue weighted by Gasteiger charge is 2.15. The largest absolute Gasteiger partial charge is 0.481 e. The van der Waals surface area contributed by atoms with Crippen LogP contribution in [0.2, 0.25) is 5.02 Å². The lowest BCUT2D eigenvalue weighted by atomic mass is 10.3. The van der Waals surface area contributed by atoms with E-state index >= 15 is 0 Å². The van der Waals surface area contributed by atoms with Crippen LogP contribution in [-0.4, -0.2) is 42.1 Å². The summed E-state index contributed by atoms with van der Waals surface area (Å²) >= 11 is 5.73. The van der Waals surface area contributed by atoms with Gasteiger partial charge in [0.15, 0.2) is 6.10 Å². The Morgan fingerprint density at radius 2 is 1.81 bits per heavy atom. The van der Waals surface area contributed by atoms with Gasteiger partial charge < -0.3 is 20.5 Å². The van der Waals surface area contributed by atoms with Crippen molar-refractivity contribution in [3.8, 4) is 5.75 Å². The Balaban J connectivity index is 2.35. The van der Waals surface area contributed by atoms with Gasteiger partial charge in [-0.25, -0.2) is 0 Å². The standard InChI is InChI=1S/C13H15ClN2O5/c1-8(21-10-4-2-9(14)3-5-10)13(20)16-6-11(17)15-7-12(18)19/h2-5,8H,6-7H2,1H3,(H,15,17)(H,16,20)(H,18,19). The Morgan fingerprint density at radius 3 is 2.38 bits per heavy atom. The van der Waals surface area contributed by atoms with E-state index in [2.05, 4.69) is 10.6 Å². The zero-order valence-electron chi connectivity index (χ0n) is 11.3. The maximum Gasteiger partial charge on any atom is 0.322 e. The van der Waals surface area contributed by atoms with Crippen molar-refractivity contribution in [1.29, 1.82) is 0 Å². The predicted molar refractivity (Wildman–Crippen MR) is 75.2 cm³/mol. The van der Waals surface area contributed by atoms with Crippen molar-refractivity contribution in [2.24, 2.45) is 0 Å². The summed E-state index contributed by atoms with van der Waals surface area (Å²) in [6.45, 7) is 0.713. The van der Waals surface area contributed by atoms with Crippen LogP contribution in [0.25, 0.3) is 0 Å². The molecule has 0 aliphatic carbocycles. The third kappa shape index (κ3) is 6.62. The summed E-state index contributed by atoms with van der Waals surface area (Å²) < 4.78 is 5.37. The van der Waals surface area contributed by atoms with E-state index < -0.39 is 30.4 Å². The molecule has 1 aromatic carbocycles. The molecule has 2 amide bonds. The second kappa shape index (κ2) is 8.11. The van der Waals surface area contributed by atoms with Gasteiger partial charge in [-0.3, -0.25) is 14.4 Å². The van der Waals surface area contributed by atoms with Crippen molar-refractivity contribution in [2.75, 3.05) is 13.1 Å². The molecule has 114 valence electrons. The third-order valence-corrected chi connectivity index (χ3v) is 2.61. The molecule has 0 radical (unpaired) electrons. The number of halogens is 1. The summed E-state index contributed by atoms with van der Waals surface area (Å²) in [7, 11) is 0. The van der Waals surface area contributed by atoms with Crippen LogP contribution in [0.1, 0.15) is 6.92 Å². The molecule has 0 heterocycles. The smallest absolute Gasteiger partial charge is 0.322 e. The highest BCUT2D eigenvalue weighted by molar-refractivity contribution is 6.30. The number of aliphatic carboxylic acids is 1. The fourth-order valence-electron chi connectivity index (χ4n) is 1.32. The topological polar surface area (TPSA) is 105 Å². The van der Waals surface area contributed by atoms with Crippen LogP contribution in [0.5, 0.6) is 5.75 Å². The van der Waals surface area contributed by atoms with Gasteiger partial charge in [0.2, 0.25) is 5.91 Å². The van der Waals surface area contributed by atoms with Gasteiger partial charge in [-0.15, -0.1) is 0 Å². The van der Waals surface area contributed by atoms with E-state index in [1.165, 1.54) is 6.92 Å². The Hall–Kier alpha value is -2.28. The number of carboxylic acids is 1. The molecule has 0 bridgehead atoms. The van der Waals surface area contributed by atoms with Gasteiger partial charge in [0.1, 0.15) is 12.3 Å². The number of carboxylic acid groups (broad SMARTS) is 1. The van der Waals surface area contributed by atoms with Crippen LogP contribution < -0.4 is 15.4 Å². The zero-order chi connectivity index (χ0) is 15.8. The number of hydrogen-bond donors (Lipinski definition) is 3. The average molecular weight is 315 g/mol. The molecule has 21 heavy (non-hydrogen) atoms. The summed E-state index contributed by atoms with van der Waals surface area (Å²) in [6.07, 6.45) is -0.807. The summed E-state index contributed by atoms with van der Waals surface area (Å²) in [5.74, 6) is -1.77. The summed E-state index contributed by atoms with van der Waals surface area (Å²) in [6, 6.07) is 6.49. The Bertz CT molecular complexity index is 518. The van der Waals surface area contributed by atoms with Crippen molar-refractivity contribution in [3.63, 3.8) is 0 Å². The third-order valence-electron chi connectivity index (χ3n) is 2.36. The Kier molecular flexibility index (Phi) is 6.48. The fourth-order valence-corrected chi connectivity index (χ4v) is 1.44. The van der Waals surface area contributed by atoms with E-state index in [-0.39, 0.29) is 6.54 Å². The second-order valence-corrected chi connectivity index (χ2v) is 4.54. The molecule has 0 spiro atoms. The molecule has 0 saturated carbocycles. The van der Waals surface area contributed by atoms with E-state index in [0.717, 1.165) is 0 Å². The van der Waals surface area contributed by atoms with Gasteiger partial charge in [0, 0.05) is 5.02 Å². The van der Waals surface area contributed by atoms with Crippen LogP contribution >= 0.6 is 11.6 Å². The van der Waals surface area contributed by atoms with Gasteiger partial charge in [0.25, 0.3) is 5.91 Å². The first-order valence-corrected chi connectivity index (χ1v) is 6.44. The maximum absolute atomic E-state index is 11.7. The van der Waals surface area contributed by atoms with Crippen molar-refractivity contribution in [1.82, 2.24) is 10.6 Å². The molecule has 0 fully saturated rings. The van der Waals surface area contributed by atoms with Gasteiger partial charge >= 0.3 is 5.97 Å². The van der Waals surface area contributed by atoms with E-state index in [1.54, 1.807) is 24.3 Å². The quantitative estimate of drug-likeness (QED) is 0.676. The molecule has 1 atom stereocenters. The van der Waals surface area contributed by atoms with Gasteiger partial charge in [-0.1, -0.05) is 11.6 Å². The molecule has 1 rings (SSSR count). The normalized spacial score (nSPS) is 11.3. The molecule has 8 heteroatoms. The molecule has 0 aliphatic rings. The number of benzene rings is 1. The van der Waals surface area contributed by atoms with Gasteiger partial charge in [0.05, 0.1) is 6.54 Å². The SMILES string of the molecule is CC(Oc1ccc(Cl)cc1)C(=O)NCC(=O)NCC(=O)O.